The maximum atomic E-state index is 13.3. The van der Waals surface area contributed by atoms with Gasteiger partial charge in [0.1, 0.15) is 5.82 Å². The Morgan fingerprint density at radius 2 is 1.82 bits per heavy atom. The van der Waals surface area contributed by atoms with E-state index in [9.17, 15) is 9.18 Å². The van der Waals surface area contributed by atoms with Crippen LogP contribution in [0, 0.1) is 11.7 Å². The largest absolute Gasteiger partial charge is 0.335 e. The van der Waals surface area contributed by atoms with Gasteiger partial charge in [0.2, 0.25) is 0 Å². The third-order valence-corrected chi connectivity index (χ3v) is 7.83. The molecule has 1 aliphatic carbocycles. The molecule has 3 nitrogen and oxygen atoms in total. The smallest absolute Gasteiger partial charge is 0.254 e. The van der Waals surface area contributed by atoms with Gasteiger partial charge in [0.05, 0.1) is 0 Å². The lowest BCUT2D eigenvalue weighted by molar-refractivity contribution is 0.0556. The van der Waals surface area contributed by atoms with Crippen LogP contribution in [0.25, 0.3) is 0 Å². The number of benzene rings is 1. The van der Waals surface area contributed by atoms with Crippen LogP contribution in [0.3, 0.4) is 0 Å². The second kappa shape index (κ2) is 7.60. The first-order chi connectivity index (χ1) is 13.7. The van der Waals surface area contributed by atoms with Gasteiger partial charge in [-0.15, -0.1) is 0 Å². The molecule has 3 heterocycles. The number of rotatable bonds is 3. The van der Waals surface area contributed by atoms with E-state index >= 15 is 0 Å². The van der Waals surface area contributed by atoms with Crippen molar-refractivity contribution < 1.29 is 9.18 Å². The highest BCUT2D eigenvalue weighted by molar-refractivity contribution is 7.08. The number of halogens is 1. The van der Waals surface area contributed by atoms with Gasteiger partial charge in [0.25, 0.3) is 5.91 Å². The number of amides is 1. The molecule has 1 amide bonds. The van der Waals surface area contributed by atoms with Gasteiger partial charge >= 0.3 is 0 Å². The van der Waals surface area contributed by atoms with E-state index in [0.29, 0.717) is 23.4 Å². The fraction of sp³-hybridized carbons (Fsp3) is 0.522. The Bertz CT molecular complexity index is 816. The van der Waals surface area contributed by atoms with Crippen molar-refractivity contribution >= 4 is 17.2 Å². The number of fused-ring (bicyclic) bond motifs is 1. The predicted octanol–water partition coefficient (Wildman–Crippen LogP) is 4.76. The second-order valence-corrected chi connectivity index (χ2v) is 9.36. The van der Waals surface area contributed by atoms with Crippen LogP contribution in [0.15, 0.2) is 41.1 Å². The number of piperidine rings is 1. The summed E-state index contributed by atoms with van der Waals surface area (Å²) in [5, 5.41) is 4.40. The number of carbonyl (C=O) groups excluding carboxylic acids is 1. The van der Waals surface area contributed by atoms with Gasteiger partial charge in [0, 0.05) is 49.1 Å². The maximum Gasteiger partial charge on any atom is 0.254 e. The van der Waals surface area contributed by atoms with E-state index in [4.69, 9.17) is 0 Å². The van der Waals surface area contributed by atoms with Gasteiger partial charge in [0.15, 0.2) is 0 Å². The Labute approximate surface area is 170 Å². The Morgan fingerprint density at radius 1 is 1.04 bits per heavy atom. The average Bonchev–Trinajstić information content (AvgIpc) is 3.47. The van der Waals surface area contributed by atoms with Gasteiger partial charge in [-0.2, -0.15) is 11.3 Å². The highest BCUT2D eigenvalue weighted by Crippen LogP contribution is 2.43. The first kappa shape index (κ1) is 18.3. The van der Waals surface area contributed by atoms with Gasteiger partial charge in [-0.25, -0.2) is 4.39 Å². The van der Waals surface area contributed by atoms with E-state index in [-0.39, 0.29) is 11.7 Å². The molecule has 0 spiro atoms. The zero-order valence-corrected chi connectivity index (χ0v) is 16.9. The average molecular weight is 399 g/mol. The molecule has 3 fully saturated rings. The van der Waals surface area contributed by atoms with E-state index in [2.05, 4.69) is 26.6 Å². The van der Waals surface area contributed by atoms with E-state index in [1.807, 2.05) is 0 Å². The topological polar surface area (TPSA) is 23.6 Å². The molecule has 1 aromatic carbocycles. The standard InChI is InChI=1S/C23H27FN2OS/c24-18-7-5-16(6-8-18)23(27)26-14-20(17-10-12-28-15-17)21-13-25(11-9-22(21)26)19-3-1-2-4-19/h5-8,10,12,15,19-22H,1-4,9,11,13-14H2/t20-,21-,22-/m0/s1. The summed E-state index contributed by atoms with van der Waals surface area (Å²) < 4.78 is 13.3. The third kappa shape index (κ3) is 3.29. The lowest BCUT2D eigenvalue weighted by atomic mass is 9.82. The van der Waals surface area contributed by atoms with Crippen LogP contribution in [0.4, 0.5) is 4.39 Å². The maximum absolute atomic E-state index is 13.3. The summed E-state index contributed by atoms with van der Waals surface area (Å²) in [5.41, 5.74) is 1.98. The normalized spacial score (nSPS) is 28.6. The zero-order valence-electron chi connectivity index (χ0n) is 16.1. The van der Waals surface area contributed by atoms with Crippen molar-refractivity contribution in [3.05, 3.63) is 58.0 Å². The molecule has 2 aliphatic heterocycles. The number of hydrogen-bond acceptors (Lipinski definition) is 3. The van der Waals surface area contributed by atoms with Crippen LogP contribution < -0.4 is 0 Å². The molecule has 148 valence electrons. The van der Waals surface area contributed by atoms with Crippen LogP contribution in [0.1, 0.15) is 53.9 Å². The lowest BCUT2D eigenvalue weighted by Gasteiger charge is -2.41. The fourth-order valence-corrected chi connectivity index (χ4v) is 6.42. The summed E-state index contributed by atoms with van der Waals surface area (Å²) in [6.45, 7) is 2.97. The van der Waals surface area contributed by atoms with Crippen molar-refractivity contribution in [3.63, 3.8) is 0 Å². The van der Waals surface area contributed by atoms with Crippen molar-refractivity contribution in [2.75, 3.05) is 19.6 Å². The molecule has 0 bridgehead atoms. The Hall–Kier alpha value is -1.72. The van der Waals surface area contributed by atoms with Gasteiger partial charge in [-0.3, -0.25) is 9.69 Å². The number of carbonyl (C=O) groups is 1. The lowest BCUT2D eigenvalue weighted by Crippen LogP contribution is -2.50. The molecular formula is C23H27FN2OS. The molecule has 2 saturated heterocycles. The van der Waals surface area contributed by atoms with E-state index in [0.717, 1.165) is 32.1 Å². The van der Waals surface area contributed by atoms with Crippen LogP contribution in [0.2, 0.25) is 0 Å². The number of thiophene rings is 1. The van der Waals surface area contributed by atoms with Crippen molar-refractivity contribution in [2.45, 2.75) is 50.1 Å². The minimum absolute atomic E-state index is 0.0574. The molecule has 5 rings (SSSR count). The molecule has 0 unspecified atom stereocenters. The fourth-order valence-electron chi connectivity index (χ4n) is 5.69. The molecule has 28 heavy (non-hydrogen) atoms. The Morgan fingerprint density at radius 3 is 2.54 bits per heavy atom. The molecule has 0 N–H and O–H groups in total. The van der Waals surface area contributed by atoms with E-state index in [1.165, 1.54) is 43.4 Å². The molecule has 3 aliphatic rings. The Kier molecular flexibility index (Phi) is 4.97. The Balaban J connectivity index is 1.41. The zero-order chi connectivity index (χ0) is 19.1. The summed E-state index contributed by atoms with van der Waals surface area (Å²) in [5.74, 6) is 0.664. The molecule has 1 saturated carbocycles. The highest BCUT2D eigenvalue weighted by atomic mass is 32.1. The molecule has 3 atom stereocenters. The summed E-state index contributed by atoms with van der Waals surface area (Å²) >= 11 is 1.74. The van der Waals surface area contributed by atoms with Gasteiger partial charge < -0.3 is 4.90 Å². The summed E-state index contributed by atoms with van der Waals surface area (Å²) in [4.78, 5) is 18.1. The molecule has 5 heteroatoms. The summed E-state index contributed by atoms with van der Waals surface area (Å²) in [6, 6.07) is 9.29. The summed E-state index contributed by atoms with van der Waals surface area (Å²) in [7, 11) is 0. The monoisotopic (exact) mass is 398 g/mol. The van der Waals surface area contributed by atoms with E-state index in [1.54, 1.807) is 23.5 Å². The van der Waals surface area contributed by atoms with Gasteiger partial charge in [-0.1, -0.05) is 12.8 Å². The van der Waals surface area contributed by atoms with Crippen LogP contribution in [-0.2, 0) is 0 Å². The van der Waals surface area contributed by atoms with Crippen molar-refractivity contribution in [2.24, 2.45) is 5.92 Å². The molecule has 1 aromatic heterocycles. The quantitative estimate of drug-likeness (QED) is 0.744. The van der Waals surface area contributed by atoms with Crippen LogP contribution >= 0.6 is 11.3 Å². The number of nitrogens with zero attached hydrogens (tertiary/aromatic N) is 2. The first-order valence-electron chi connectivity index (χ1n) is 10.5. The van der Waals surface area contributed by atoms with Gasteiger partial charge in [-0.05, 0) is 65.9 Å². The number of likely N-dealkylation sites (tertiary alicyclic amines) is 2. The number of hydrogen-bond donors (Lipinski definition) is 0. The highest BCUT2D eigenvalue weighted by Gasteiger charge is 2.48. The minimum Gasteiger partial charge on any atom is -0.335 e. The SMILES string of the molecule is O=C(c1ccc(F)cc1)N1C[C@@H](c2ccsc2)[C@@H]2CN(C3CCCC3)CC[C@@H]21. The van der Waals surface area contributed by atoms with Crippen LogP contribution in [0.5, 0.6) is 0 Å². The molecule has 0 radical (unpaired) electrons. The predicted molar refractivity (Wildman–Crippen MR) is 110 cm³/mol. The molecular weight excluding hydrogens is 371 g/mol. The third-order valence-electron chi connectivity index (χ3n) is 7.13. The van der Waals surface area contributed by atoms with Crippen molar-refractivity contribution in [3.8, 4) is 0 Å². The van der Waals surface area contributed by atoms with E-state index < -0.39 is 0 Å². The van der Waals surface area contributed by atoms with Crippen molar-refractivity contribution in [1.82, 2.24) is 9.80 Å². The van der Waals surface area contributed by atoms with Crippen LogP contribution in [-0.4, -0.2) is 47.4 Å². The summed E-state index contributed by atoms with van der Waals surface area (Å²) in [6.07, 6.45) is 6.43. The first-order valence-corrected chi connectivity index (χ1v) is 11.5. The molecule has 2 aromatic rings. The second-order valence-electron chi connectivity index (χ2n) is 8.58. The van der Waals surface area contributed by atoms with Crippen molar-refractivity contribution in [1.29, 1.82) is 0 Å². The minimum atomic E-state index is -0.295.